The molecule has 3 nitrogen and oxygen atoms in total. The normalized spacial score (nSPS) is 10.2. The van der Waals surface area contributed by atoms with Gasteiger partial charge in [-0.15, -0.1) is 0 Å². The van der Waals surface area contributed by atoms with Crippen LogP contribution in [0.1, 0.15) is 10.4 Å². The average Bonchev–Trinajstić information content (AvgIpc) is 2.32. The summed E-state index contributed by atoms with van der Waals surface area (Å²) in [5.41, 5.74) is -0.197. The summed E-state index contributed by atoms with van der Waals surface area (Å²) in [6.45, 7) is 0. The predicted octanol–water partition coefficient (Wildman–Crippen LogP) is 3.89. The highest BCUT2D eigenvalue weighted by Gasteiger charge is 2.16. The second-order valence-corrected chi connectivity index (χ2v) is 4.65. The van der Waals surface area contributed by atoms with Crippen LogP contribution in [0.3, 0.4) is 0 Å². The van der Waals surface area contributed by atoms with E-state index in [2.05, 4.69) is 26.2 Å². The highest BCUT2D eigenvalue weighted by atomic mass is 79.9. The van der Waals surface area contributed by atoms with Gasteiger partial charge in [-0.25, -0.2) is 9.37 Å². The molecule has 0 radical (unpaired) electrons. The van der Waals surface area contributed by atoms with Crippen LogP contribution in [0.2, 0.25) is 5.02 Å². The summed E-state index contributed by atoms with van der Waals surface area (Å²) in [6, 6.07) is 7.48. The zero-order valence-corrected chi connectivity index (χ0v) is 11.3. The summed E-state index contributed by atoms with van der Waals surface area (Å²) < 4.78 is 14.1. The van der Waals surface area contributed by atoms with Gasteiger partial charge in [-0.3, -0.25) is 4.79 Å². The number of aromatic nitrogens is 1. The Balaban J connectivity index is 2.31. The molecule has 92 valence electrons. The predicted molar refractivity (Wildman–Crippen MR) is 71.3 cm³/mol. The summed E-state index contributed by atoms with van der Waals surface area (Å²) in [4.78, 5) is 15.9. The highest BCUT2D eigenvalue weighted by molar-refractivity contribution is 9.10. The van der Waals surface area contributed by atoms with E-state index in [-0.39, 0.29) is 10.6 Å². The molecule has 1 N–H and O–H groups in total. The van der Waals surface area contributed by atoms with Gasteiger partial charge in [0.1, 0.15) is 11.6 Å². The quantitative estimate of drug-likeness (QED) is 0.908. The lowest BCUT2D eigenvalue weighted by Gasteiger charge is -2.08. The average molecular weight is 330 g/mol. The fraction of sp³-hybridized carbons (Fsp3) is 0. The van der Waals surface area contributed by atoms with Crippen molar-refractivity contribution in [1.29, 1.82) is 0 Å². The third kappa shape index (κ3) is 2.68. The van der Waals surface area contributed by atoms with Crippen molar-refractivity contribution in [3.63, 3.8) is 0 Å². The number of nitrogens with one attached hydrogen (secondary N) is 1. The van der Waals surface area contributed by atoms with E-state index < -0.39 is 11.7 Å². The van der Waals surface area contributed by atoms with Crippen LogP contribution in [0.5, 0.6) is 0 Å². The minimum atomic E-state index is -0.674. The number of amides is 1. The van der Waals surface area contributed by atoms with Crippen LogP contribution in [-0.2, 0) is 0 Å². The lowest BCUT2D eigenvalue weighted by atomic mass is 10.2. The highest BCUT2D eigenvalue weighted by Crippen LogP contribution is 2.23. The molecule has 1 aromatic carbocycles. The summed E-state index contributed by atoms with van der Waals surface area (Å²) in [5.74, 6) is -1.01. The Bertz CT molecular complexity index is 586. The Labute approximate surface area is 116 Å². The van der Waals surface area contributed by atoms with Crippen LogP contribution in [0, 0.1) is 5.82 Å². The molecule has 1 amide bonds. The second-order valence-electron chi connectivity index (χ2n) is 3.38. The molecular formula is C12H7BrClFN2O. The van der Waals surface area contributed by atoms with Gasteiger partial charge >= 0.3 is 0 Å². The largest absolute Gasteiger partial charge is 0.305 e. The fourth-order valence-corrected chi connectivity index (χ4v) is 1.97. The molecule has 0 aliphatic heterocycles. The number of rotatable bonds is 2. The monoisotopic (exact) mass is 328 g/mol. The van der Waals surface area contributed by atoms with Crippen molar-refractivity contribution in [2.75, 3.05) is 5.32 Å². The first-order valence-electron chi connectivity index (χ1n) is 4.95. The molecule has 1 aromatic heterocycles. The molecule has 0 atom stereocenters. The summed E-state index contributed by atoms with van der Waals surface area (Å²) in [6.07, 6.45) is 1.52. The molecule has 0 spiro atoms. The van der Waals surface area contributed by atoms with Crippen LogP contribution < -0.4 is 5.32 Å². The molecule has 18 heavy (non-hydrogen) atoms. The van der Waals surface area contributed by atoms with Crippen LogP contribution in [0.15, 0.2) is 41.0 Å². The summed E-state index contributed by atoms with van der Waals surface area (Å²) in [7, 11) is 0. The molecule has 0 aliphatic carbocycles. The Hall–Kier alpha value is -1.46. The third-order valence-corrected chi connectivity index (χ3v) is 3.14. The molecular weight excluding hydrogens is 322 g/mol. The maximum atomic E-state index is 13.5. The Morgan fingerprint density at radius 1 is 1.33 bits per heavy atom. The van der Waals surface area contributed by atoms with E-state index >= 15 is 0 Å². The van der Waals surface area contributed by atoms with Crippen molar-refractivity contribution in [2.24, 2.45) is 0 Å². The lowest BCUT2D eigenvalue weighted by molar-refractivity contribution is 0.102. The molecule has 6 heteroatoms. The van der Waals surface area contributed by atoms with Crippen molar-refractivity contribution in [1.82, 2.24) is 4.98 Å². The van der Waals surface area contributed by atoms with E-state index in [1.54, 1.807) is 12.1 Å². The van der Waals surface area contributed by atoms with Gasteiger partial charge in [0.2, 0.25) is 0 Å². The van der Waals surface area contributed by atoms with Gasteiger partial charge in [-0.1, -0.05) is 17.7 Å². The van der Waals surface area contributed by atoms with E-state index in [9.17, 15) is 9.18 Å². The van der Waals surface area contributed by atoms with Crippen LogP contribution in [0.25, 0.3) is 0 Å². The number of anilines is 1. The van der Waals surface area contributed by atoms with Crippen LogP contribution >= 0.6 is 27.5 Å². The van der Waals surface area contributed by atoms with Gasteiger partial charge in [0.05, 0.1) is 15.1 Å². The van der Waals surface area contributed by atoms with Crippen molar-refractivity contribution < 1.29 is 9.18 Å². The van der Waals surface area contributed by atoms with Crippen molar-refractivity contribution in [3.8, 4) is 0 Å². The third-order valence-electron chi connectivity index (χ3n) is 2.18. The summed E-state index contributed by atoms with van der Waals surface area (Å²) >= 11 is 9.03. The maximum Gasteiger partial charge on any atom is 0.261 e. The zero-order chi connectivity index (χ0) is 13.1. The van der Waals surface area contributed by atoms with Gasteiger partial charge in [-0.2, -0.15) is 0 Å². The van der Waals surface area contributed by atoms with E-state index in [1.807, 2.05) is 0 Å². The standard InChI is InChI=1S/C12H7BrClFN2O/c13-7-3-2-6-16-11(7)17-12(18)10-8(14)4-1-5-9(10)15/h1-6H,(H,16,17,18). The number of benzene rings is 1. The molecule has 1 heterocycles. The topological polar surface area (TPSA) is 42.0 Å². The van der Waals surface area contributed by atoms with Gasteiger partial charge in [0, 0.05) is 6.20 Å². The first-order valence-corrected chi connectivity index (χ1v) is 6.12. The van der Waals surface area contributed by atoms with Gasteiger partial charge in [0.25, 0.3) is 5.91 Å². The number of hydrogen-bond donors (Lipinski definition) is 1. The number of halogens is 3. The van der Waals surface area contributed by atoms with Crippen molar-refractivity contribution in [2.45, 2.75) is 0 Å². The summed E-state index contributed by atoms with van der Waals surface area (Å²) in [5, 5.41) is 2.54. The molecule has 0 fully saturated rings. The number of carbonyl (C=O) groups is 1. The minimum Gasteiger partial charge on any atom is -0.305 e. The molecule has 0 bridgehead atoms. The zero-order valence-electron chi connectivity index (χ0n) is 8.95. The molecule has 2 aromatic rings. The van der Waals surface area contributed by atoms with E-state index in [0.29, 0.717) is 10.3 Å². The number of carbonyl (C=O) groups excluding carboxylic acids is 1. The molecule has 0 aliphatic rings. The Morgan fingerprint density at radius 2 is 2.11 bits per heavy atom. The lowest BCUT2D eigenvalue weighted by Crippen LogP contribution is -2.15. The molecule has 0 unspecified atom stereocenters. The second kappa shape index (κ2) is 5.46. The van der Waals surface area contributed by atoms with E-state index in [4.69, 9.17) is 11.6 Å². The van der Waals surface area contributed by atoms with Gasteiger partial charge < -0.3 is 5.32 Å². The molecule has 2 rings (SSSR count). The molecule has 0 saturated carbocycles. The maximum absolute atomic E-state index is 13.5. The number of hydrogen-bond acceptors (Lipinski definition) is 2. The van der Waals surface area contributed by atoms with Crippen LogP contribution in [0.4, 0.5) is 10.2 Å². The van der Waals surface area contributed by atoms with Crippen LogP contribution in [-0.4, -0.2) is 10.9 Å². The van der Waals surface area contributed by atoms with Crippen molar-refractivity contribution in [3.05, 3.63) is 57.4 Å². The minimum absolute atomic E-state index is 0.0551. The Kier molecular flexibility index (Phi) is 3.93. The first-order chi connectivity index (χ1) is 8.59. The number of nitrogens with zero attached hydrogens (tertiary/aromatic N) is 1. The number of pyridine rings is 1. The van der Waals surface area contributed by atoms with Gasteiger partial charge in [-0.05, 0) is 40.2 Å². The van der Waals surface area contributed by atoms with E-state index in [0.717, 1.165) is 0 Å². The smallest absolute Gasteiger partial charge is 0.261 e. The SMILES string of the molecule is O=C(Nc1ncccc1Br)c1c(F)cccc1Cl. The van der Waals surface area contributed by atoms with E-state index in [1.165, 1.54) is 24.4 Å². The van der Waals surface area contributed by atoms with Gasteiger partial charge in [0.15, 0.2) is 0 Å². The molecule has 0 saturated heterocycles. The fourth-order valence-electron chi connectivity index (χ4n) is 1.36. The first kappa shape index (κ1) is 13.0. The Morgan fingerprint density at radius 3 is 2.78 bits per heavy atom. The van der Waals surface area contributed by atoms with Crippen molar-refractivity contribution >= 4 is 39.3 Å².